The zero-order valence-corrected chi connectivity index (χ0v) is 13.0. The van der Waals surface area contributed by atoms with Gasteiger partial charge in [0.25, 0.3) is 0 Å². The van der Waals surface area contributed by atoms with E-state index in [9.17, 15) is 5.11 Å². The lowest BCUT2D eigenvalue weighted by Crippen LogP contribution is -2.52. The van der Waals surface area contributed by atoms with E-state index in [1.807, 2.05) is 0 Å². The Morgan fingerprint density at radius 1 is 1.30 bits per heavy atom. The Hall–Kier alpha value is -0.900. The van der Waals surface area contributed by atoms with Crippen LogP contribution in [-0.4, -0.2) is 41.3 Å². The maximum absolute atomic E-state index is 10.6. The second-order valence-electron chi connectivity index (χ2n) is 5.97. The number of aryl methyl sites for hydroxylation is 1. The molecule has 1 aliphatic heterocycles. The van der Waals surface area contributed by atoms with Crippen LogP contribution in [0.15, 0.2) is 24.3 Å². The standard InChI is InChI=1S/C17H27NO2/c1-5-15-6-8-16(9-7-15)17(19)14(4)18-10-13(3)20-11-12(18)2/h6-9,12-14,17,19H,5,10-11H2,1-4H3. The van der Waals surface area contributed by atoms with Crippen LogP contribution >= 0.6 is 0 Å². The second-order valence-corrected chi connectivity index (χ2v) is 5.97. The van der Waals surface area contributed by atoms with Crippen molar-refractivity contribution in [3.05, 3.63) is 35.4 Å². The van der Waals surface area contributed by atoms with Crippen LogP contribution in [0.2, 0.25) is 0 Å². The molecule has 4 unspecified atom stereocenters. The molecule has 4 atom stereocenters. The average Bonchev–Trinajstić information content (AvgIpc) is 2.48. The van der Waals surface area contributed by atoms with Gasteiger partial charge in [-0.2, -0.15) is 0 Å². The van der Waals surface area contributed by atoms with E-state index in [1.165, 1.54) is 5.56 Å². The van der Waals surface area contributed by atoms with Crippen LogP contribution < -0.4 is 0 Å². The molecule has 20 heavy (non-hydrogen) atoms. The molecular formula is C17H27NO2. The molecule has 0 aromatic heterocycles. The largest absolute Gasteiger partial charge is 0.387 e. The molecule has 1 aromatic rings. The summed E-state index contributed by atoms with van der Waals surface area (Å²) >= 11 is 0. The van der Waals surface area contributed by atoms with Gasteiger partial charge in [0.15, 0.2) is 0 Å². The lowest BCUT2D eigenvalue weighted by molar-refractivity contribution is -0.0836. The summed E-state index contributed by atoms with van der Waals surface area (Å²) in [5.41, 5.74) is 2.31. The van der Waals surface area contributed by atoms with E-state index < -0.39 is 6.10 Å². The van der Waals surface area contributed by atoms with E-state index in [2.05, 4.69) is 56.9 Å². The van der Waals surface area contributed by atoms with E-state index in [0.717, 1.165) is 25.1 Å². The summed E-state index contributed by atoms with van der Waals surface area (Å²) in [6.07, 6.45) is 0.821. The van der Waals surface area contributed by atoms with Gasteiger partial charge in [0.05, 0.1) is 18.8 Å². The molecule has 0 spiro atoms. The SMILES string of the molecule is CCc1ccc(C(O)C(C)N2CC(C)OCC2C)cc1. The Labute approximate surface area is 122 Å². The number of aliphatic hydroxyl groups is 1. The molecule has 1 saturated heterocycles. The van der Waals surface area contributed by atoms with Crippen LogP contribution in [0.1, 0.15) is 44.9 Å². The molecule has 3 heteroatoms. The van der Waals surface area contributed by atoms with Crippen LogP contribution in [0.4, 0.5) is 0 Å². The number of ether oxygens (including phenoxy) is 1. The number of rotatable bonds is 4. The van der Waals surface area contributed by atoms with E-state index in [4.69, 9.17) is 4.74 Å². The predicted octanol–water partition coefficient (Wildman–Crippen LogP) is 2.78. The van der Waals surface area contributed by atoms with Crippen LogP contribution in [0, 0.1) is 0 Å². The maximum Gasteiger partial charge on any atom is 0.0942 e. The molecule has 0 bridgehead atoms. The molecule has 1 fully saturated rings. The fourth-order valence-corrected chi connectivity index (χ4v) is 2.91. The molecule has 1 heterocycles. The van der Waals surface area contributed by atoms with Crippen molar-refractivity contribution >= 4 is 0 Å². The molecule has 0 radical (unpaired) electrons. The number of aliphatic hydroxyl groups excluding tert-OH is 1. The van der Waals surface area contributed by atoms with Crippen LogP contribution in [0.5, 0.6) is 0 Å². The van der Waals surface area contributed by atoms with Crippen molar-refractivity contribution in [3.63, 3.8) is 0 Å². The number of hydrogen-bond acceptors (Lipinski definition) is 3. The van der Waals surface area contributed by atoms with Gasteiger partial charge in [-0.1, -0.05) is 31.2 Å². The van der Waals surface area contributed by atoms with Crippen molar-refractivity contribution in [1.82, 2.24) is 4.90 Å². The lowest BCUT2D eigenvalue weighted by atomic mass is 9.98. The minimum atomic E-state index is -0.450. The van der Waals surface area contributed by atoms with Gasteiger partial charge < -0.3 is 9.84 Å². The highest BCUT2D eigenvalue weighted by atomic mass is 16.5. The Kier molecular flexibility index (Phi) is 5.19. The normalized spacial score (nSPS) is 27.2. The van der Waals surface area contributed by atoms with Crippen molar-refractivity contribution in [1.29, 1.82) is 0 Å². The number of hydrogen-bond donors (Lipinski definition) is 1. The van der Waals surface area contributed by atoms with Crippen molar-refractivity contribution in [2.75, 3.05) is 13.2 Å². The third kappa shape index (κ3) is 3.40. The fraction of sp³-hybridized carbons (Fsp3) is 0.647. The number of morpholine rings is 1. The summed E-state index contributed by atoms with van der Waals surface area (Å²) in [4.78, 5) is 2.35. The molecule has 0 saturated carbocycles. The zero-order chi connectivity index (χ0) is 14.7. The first-order valence-electron chi connectivity index (χ1n) is 7.67. The Bertz CT molecular complexity index is 418. The van der Waals surface area contributed by atoms with Gasteiger partial charge in [0, 0.05) is 18.6 Å². The van der Waals surface area contributed by atoms with E-state index in [1.54, 1.807) is 0 Å². The smallest absolute Gasteiger partial charge is 0.0942 e. The summed E-state index contributed by atoms with van der Waals surface area (Å²) in [7, 11) is 0. The summed E-state index contributed by atoms with van der Waals surface area (Å²) in [5.74, 6) is 0. The van der Waals surface area contributed by atoms with Gasteiger partial charge in [-0.05, 0) is 38.3 Å². The molecule has 0 aliphatic carbocycles. The molecule has 1 aliphatic rings. The quantitative estimate of drug-likeness (QED) is 0.918. The number of nitrogens with zero attached hydrogens (tertiary/aromatic N) is 1. The summed E-state index contributed by atoms with van der Waals surface area (Å²) in [5, 5.41) is 10.6. The predicted molar refractivity (Wildman–Crippen MR) is 81.8 cm³/mol. The van der Waals surface area contributed by atoms with Crippen molar-refractivity contribution in [2.24, 2.45) is 0 Å². The van der Waals surface area contributed by atoms with Crippen molar-refractivity contribution < 1.29 is 9.84 Å². The minimum Gasteiger partial charge on any atom is -0.387 e. The van der Waals surface area contributed by atoms with Gasteiger partial charge in [-0.25, -0.2) is 0 Å². The van der Waals surface area contributed by atoms with Gasteiger partial charge >= 0.3 is 0 Å². The zero-order valence-electron chi connectivity index (χ0n) is 13.0. The molecule has 3 nitrogen and oxygen atoms in total. The first-order chi connectivity index (χ1) is 9.52. The topological polar surface area (TPSA) is 32.7 Å². The third-order valence-corrected chi connectivity index (χ3v) is 4.37. The Morgan fingerprint density at radius 2 is 1.95 bits per heavy atom. The van der Waals surface area contributed by atoms with Gasteiger partial charge in [0.1, 0.15) is 0 Å². The summed E-state index contributed by atoms with van der Waals surface area (Å²) < 4.78 is 5.66. The van der Waals surface area contributed by atoms with E-state index >= 15 is 0 Å². The van der Waals surface area contributed by atoms with Gasteiger partial charge in [0.2, 0.25) is 0 Å². The van der Waals surface area contributed by atoms with Crippen LogP contribution in [-0.2, 0) is 11.2 Å². The highest BCUT2D eigenvalue weighted by molar-refractivity contribution is 5.25. The van der Waals surface area contributed by atoms with Crippen molar-refractivity contribution in [3.8, 4) is 0 Å². The molecule has 0 amide bonds. The lowest BCUT2D eigenvalue weighted by Gasteiger charge is -2.42. The maximum atomic E-state index is 10.6. The van der Waals surface area contributed by atoms with Crippen molar-refractivity contribution in [2.45, 2.75) is 58.4 Å². The average molecular weight is 277 g/mol. The number of benzene rings is 1. The van der Waals surface area contributed by atoms with Gasteiger partial charge in [-0.3, -0.25) is 4.90 Å². The Balaban J connectivity index is 2.08. The summed E-state index contributed by atoms with van der Waals surface area (Å²) in [6, 6.07) is 8.77. The third-order valence-electron chi connectivity index (χ3n) is 4.37. The second kappa shape index (κ2) is 6.70. The monoisotopic (exact) mass is 277 g/mol. The van der Waals surface area contributed by atoms with Gasteiger partial charge in [-0.15, -0.1) is 0 Å². The first kappa shape index (κ1) is 15.5. The molecule has 1 aromatic carbocycles. The molecule has 112 valence electrons. The van der Waals surface area contributed by atoms with Crippen LogP contribution in [0.25, 0.3) is 0 Å². The van der Waals surface area contributed by atoms with Crippen LogP contribution in [0.3, 0.4) is 0 Å². The Morgan fingerprint density at radius 3 is 2.55 bits per heavy atom. The molecule has 1 N–H and O–H groups in total. The first-order valence-corrected chi connectivity index (χ1v) is 7.67. The molecular weight excluding hydrogens is 250 g/mol. The minimum absolute atomic E-state index is 0.101. The fourth-order valence-electron chi connectivity index (χ4n) is 2.91. The molecule has 2 rings (SSSR count). The highest BCUT2D eigenvalue weighted by Crippen LogP contribution is 2.25. The van der Waals surface area contributed by atoms with E-state index in [-0.39, 0.29) is 12.1 Å². The highest BCUT2D eigenvalue weighted by Gasteiger charge is 2.31. The van der Waals surface area contributed by atoms with E-state index in [0.29, 0.717) is 6.04 Å². The summed E-state index contributed by atoms with van der Waals surface area (Å²) in [6.45, 7) is 10.1.